The van der Waals surface area contributed by atoms with Crippen molar-refractivity contribution in [2.75, 3.05) is 6.54 Å². The van der Waals surface area contributed by atoms with Crippen molar-refractivity contribution >= 4 is 18.3 Å². The molecule has 19 heavy (non-hydrogen) atoms. The van der Waals surface area contributed by atoms with Crippen LogP contribution in [0.15, 0.2) is 23.1 Å². The number of halogens is 1. The fourth-order valence-corrected chi connectivity index (χ4v) is 2.48. The predicted octanol–water partition coefficient (Wildman–Crippen LogP) is 1.04. The van der Waals surface area contributed by atoms with Gasteiger partial charge in [0.25, 0.3) is 5.91 Å². The smallest absolute Gasteiger partial charge is 0.252 e. The largest absolute Gasteiger partial charge is 0.349 e. The van der Waals surface area contributed by atoms with Crippen LogP contribution < -0.4 is 16.6 Å². The van der Waals surface area contributed by atoms with Crippen LogP contribution in [0.25, 0.3) is 0 Å². The Labute approximate surface area is 118 Å². The monoisotopic (exact) mass is 285 g/mol. The first-order valence-electron chi connectivity index (χ1n) is 6.40. The molecule has 6 heteroatoms. The van der Waals surface area contributed by atoms with Crippen molar-refractivity contribution in [2.24, 2.45) is 11.7 Å². The minimum absolute atomic E-state index is 0. The fourth-order valence-electron chi connectivity index (χ4n) is 2.48. The van der Waals surface area contributed by atoms with Crippen LogP contribution in [0.3, 0.4) is 0 Å². The predicted molar refractivity (Wildman–Crippen MR) is 76.6 cm³/mol. The highest BCUT2D eigenvalue weighted by Crippen LogP contribution is 2.23. The molecule has 1 aromatic rings. The van der Waals surface area contributed by atoms with E-state index in [1.165, 1.54) is 24.8 Å². The second kappa shape index (κ2) is 7.31. The van der Waals surface area contributed by atoms with Gasteiger partial charge in [0, 0.05) is 18.3 Å². The van der Waals surface area contributed by atoms with Gasteiger partial charge < -0.3 is 16.0 Å². The third kappa shape index (κ3) is 4.08. The van der Waals surface area contributed by atoms with Gasteiger partial charge in [-0.2, -0.15) is 0 Å². The summed E-state index contributed by atoms with van der Waals surface area (Å²) in [4.78, 5) is 25.4. The lowest BCUT2D eigenvalue weighted by Crippen LogP contribution is -2.44. The molecule has 106 valence electrons. The van der Waals surface area contributed by atoms with Crippen molar-refractivity contribution in [2.45, 2.75) is 31.7 Å². The summed E-state index contributed by atoms with van der Waals surface area (Å²) in [6.45, 7) is 0.608. The summed E-state index contributed by atoms with van der Waals surface area (Å²) >= 11 is 0. The van der Waals surface area contributed by atoms with E-state index in [0.29, 0.717) is 18.0 Å². The molecule has 0 aliphatic heterocycles. The van der Waals surface area contributed by atoms with Gasteiger partial charge in [0.05, 0.1) is 5.56 Å². The van der Waals surface area contributed by atoms with Gasteiger partial charge >= 0.3 is 0 Å². The first-order chi connectivity index (χ1) is 8.70. The molecule has 4 N–H and O–H groups in total. The Hall–Kier alpha value is -1.33. The normalized spacial score (nSPS) is 22.4. The highest BCUT2D eigenvalue weighted by molar-refractivity contribution is 5.94. The maximum Gasteiger partial charge on any atom is 0.252 e. The van der Waals surface area contributed by atoms with Gasteiger partial charge in [-0.3, -0.25) is 9.59 Å². The molecule has 2 unspecified atom stereocenters. The van der Waals surface area contributed by atoms with Gasteiger partial charge in [-0.1, -0.05) is 12.8 Å². The molecule has 1 aromatic heterocycles. The number of hydrogen-bond donors (Lipinski definition) is 3. The number of H-pyrrole nitrogens is 1. The molecule has 2 rings (SSSR count). The molecular weight excluding hydrogens is 266 g/mol. The number of nitrogens with one attached hydrogen (secondary N) is 2. The van der Waals surface area contributed by atoms with E-state index in [1.807, 2.05) is 0 Å². The molecule has 1 fully saturated rings. The van der Waals surface area contributed by atoms with Crippen LogP contribution in [0.2, 0.25) is 0 Å². The van der Waals surface area contributed by atoms with E-state index in [9.17, 15) is 9.59 Å². The summed E-state index contributed by atoms with van der Waals surface area (Å²) in [6.07, 6.45) is 5.82. The van der Waals surface area contributed by atoms with Crippen molar-refractivity contribution < 1.29 is 4.79 Å². The lowest BCUT2D eigenvalue weighted by atomic mass is 9.84. The molecule has 0 aromatic carbocycles. The lowest BCUT2D eigenvalue weighted by molar-refractivity contribution is 0.0907. The van der Waals surface area contributed by atoms with E-state index in [1.54, 1.807) is 0 Å². The first kappa shape index (κ1) is 15.7. The number of amides is 1. The van der Waals surface area contributed by atoms with Crippen LogP contribution >= 0.6 is 12.4 Å². The molecular formula is C13H20ClN3O2. The maximum absolute atomic E-state index is 12.0. The number of aromatic nitrogens is 1. The van der Waals surface area contributed by atoms with Crippen LogP contribution in [-0.4, -0.2) is 23.5 Å². The van der Waals surface area contributed by atoms with Crippen LogP contribution in [0.1, 0.15) is 36.0 Å². The number of aromatic amines is 1. The molecule has 0 spiro atoms. The molecule has 1 amide bonds. The molecule has 1 saturated carbocycles. The molecule has 0 saturated heterocycles. The Kier molecular flexibility index (Phi) is 6.05. The second-order valence-electron chi connectivity index (χ2n) is 4.80. The zero-order chi connectivity index (χ0) is 13.0. The maximum atomic E-state index is 12.0. The Balaban J connectivity index is 0.00000180. The Morgan fingerprint density at radius 3 is 2.74 bits per heavy atom. The fraction of sp³-hybridized carbons (Fsp3) is 0.538. The average Bonchev–Trinajstić information content (AvgIpc) is 2.40. The SMILES string of the molecule is Cl.NCC1CCCCC1NC(=O)c1ccc(=O)[nH]c1. The molecule has 0 radical (unpaired) electrons. The minimum Gasteiger partial charge on any atom is -0.349 e. The molecule has 1 aliphatic carbocycles. The molecule has 1 heterocycles. The highest BCUT2D eigenvalue weighted by atomic mass is 35.5. The summed E-state index contributed by atoms with van der Waals surface area (Å²) in [6, 6.07) is 3.05. The molecule has 2 atom stereocenters. The van der Waals surface area contributed by atoms with Crippen molar-refractivity contribution in [3.63, 3.8) is 0 Å². The average molecular weight is 286 g/mol. The number of carbonyl (C=O) groups is 1. The van der Waals surface area contributed by atoms with E-state index < -0.39 is 0 Å². The number of carbonyl (C=O) groups excluding carboxylic acids is 1. The van der Waals surface area contributed by atoms with Gasteiger partial charge in [0.2, 0.25) is 5.56 Å². The van der Waals surface area contributed by atoms with Crippen LogP contribution in [0.4, 0.5) is 0 Å². The summed E-state index contributed by atoms with van der Waals surface area (Å²) in [7, 11) is 0. The zero-order valence-corrected chi connectivity index (χ0v) is 11.5. The highest BCUT2D eigenvalue weighted by Gasteiger charge is 2.25. The van der Waals surface area contributed by atoms with E-state index in [2.05, 4.69) is 10.3 Å². The number of nitrogens with two attached hydrogens (primary N) is 1. The van der Waals surface area contributed by atoms with Gasteiger partial charge in [-0.05, 0) is 31.4 Å². The molecule has 0 bridgehead atoms. The summed E-state index contributed by atoms with van der Waals surface area (Å²) < 4.78 is 0. The van der Waals surface area contributed by atoms with Crippen LogP contribution in [0.5, 0.6) is 0 Å². The number of rotatable bonds is 3. The lowest BCUT2D eigenvalue weighted by Gasteiger charge is -2.31. The Bertz CT molecular complexity index is 455. The van der Waals surface area contributed by atoms with Gasteiger partial charge in [0.1, 0.15) is 0 Å². The standard InChI is InChI=1S/C13H19N3O2.ClH/c14-7-9-3-1-2-4-11(9)16-13(18)10-5-6-12(17)15-8-10;/h5-6,8-9,11H,1-4,7,14H2,(H,15,17)(H,16,18);1H. The third-order valence-electron chi connectivity index (χ3n) is 3.57. The van der Waals surface area contributed by atoms with Gasteiger partial charge in [-0.15, -0.1) is 12.4 Å². The molecule has 1 aliphatic rings. The van der Waals surface area contributed by atoms with Gasteiger partial charge in [-0.25, -0.2) is 0 Å². The van der Waals surface area contributed by atoms with E-state index in [0.717, 1.165) is 19.3 Å². The van der Waals surface area contributed by atoms with Crippen molar-refractivity contribution in [3.05, 3.63) is 34.2 Å². The van der Waals surface area contributed by atoms with E-state index in [4.69, 9.17) is 5.73 Å². The number of pyridine rings is 1. The van der Waals surface area contributed by atoms with Crippen LogP contribution in [0, 0.1) is 5.92 Å². The Morgan fingerprint density at radius 2 is 2.11 bits per heavy atom. The quantitative estimate of drug-likeness (QED) is 0.775. The molecule has 5 nitrogen and oxygen atoms in total. The van der Waals surface area contributed by atoms with Gasteiger partial charge in [0.15, 0.2) is 0 Å². The van der Waals surface area contributed by atoms with Crippen molar-refractivity contribution in [1.29, 1.82) is 0 Å². The summed E-state index contributed by atoms with van der Waals surface area (Å²) in [5.41, 5.74) is 6.01. The minimum atomic E-state index is -0.205. The van der Waals surface area contributed by atoms with Crippen LogP contribution in [-0.2, 0) is 0 Å². The number of hydrogen-bond acceptors (Lipinski definition) is 3. The van der Waals surface area contributed by atoms with E-state index >= 15 is 0 Å². The third-order valence-corrected chi connectivity index (χ3v) is 3.57. The van der Waals surface area contributed by atoms with Crippen molar-refractivity contribution in [3.8, 4) is 0 Å². The second-order valence-corrected chi connectivity index (χ2v) is 4.80. The van der Waals surface area contributed by atoms with Crippen molar-refractivity contribution in [1.82, 2.24) is 10.3 Å². The Morgan fingerprint density at radius 1 is 1.37 bits per heavy atom. The first-order valence-corrected chi connectivity index (χ1v) is 6.40. The zero-order valence-electron chi connectivity index (χ0n) is 10.7. The topological polar surface area (TPSA) is 88.0 Å². The summed E-state index contributed by atoms with van der Waals surface area (Å²) in [5.74, 6) is 0.224. The summed E-state index contributed by atoms with van der Waals surface area (Å²) in [5, 5.41) is 3.01. The van der Waals surface area contributed by atoms with E-state index in [-0.39, 0.29) is 29.9 Å².